The van der Waals surface area contributed by atoms with E-state index in [0.29, 0.717) is 17.1 Å². The second kappa shape index (κ2) is 4.30. The van der Waals surface area contributed by atoms with Gasteiger partial charge in [-0.05, 0) is 32.6 Å². The number of nitrogen functional groups attached to an aromatic ring is 1. The number of nitrogens with two attached hydrogens (primary N) is 1. The summed E-state index contributed by atoms with van der Waals surface area (Å²) in [5, 5.41) is 8.94. The van der Waals surface area contributed by atoms with E-state index in [1.165, 1.54) is 0 Å². The SMILES string of the molecule is COC1(c2nc(C)c(C#N)c(N)n2)CCCC1. The molecule has 1 aliphatic rings. The van der Waals surface area contributed by atoms with Gasteiger partial charge in [0.2, 0.25) is 0 Å². The van der Waals surface area contributed by atoms with E-state index >= 15 is 0 Å². The van der Waals surface area contributed by atoms with E-state index in [9.17, 15) is 0 Å². The van der Waals surface area contributed by atoms with Crippen LogP contribution in [0.2, 0.25) is 0 Å². The minimum absolute atomic E-state index is 0.248. The van der Waals surface area contributed by atoms with Gasteiger partial charge in [0.25, 0.3) is 0 Å². The average molecular weight is 232 g/mol. The van der Waals surface area contributed by atoms with Gasteiger partial charge in [0, 0.05) is 7.11 Å². The molecule has 5 nitrogen and oxygen atoms in total. The number of nitriles is 1. The number of rotatable bonds is 2. The molecule has 2 rings (SSSR count). The molecule has 0 saturated heterocycles. The Bertz CT molecular complexity index is 449. The molecule has 0 radical (unpaired) electrons. The van der Waals surface area contributed by atoms with Crippen LogP contribution in [0.25, 0.3) is 0 Å². The highest BCUT2D eigenvalue weighted by atomic mass is 16.5. The minimum atomic E-state index is -0.410. The van der Waals surface area contributed by atoms with Gasteiger partial charge in [0.05, 0.1) is 5.69 Å². The molecule has 0 atom stereocenters. The van der Waals surface area contributed by atoms with Crippen LogP contribution in [0.5, 0.6) is 0 Å². The first-order valence-corrected chi connectivity index (χ1v) is 5.73. The van der Waals surface area contributed by atoms with E-state index in [-0.39, 0.29) is 5.82 Å². The summed E-state index contributed by atoms with van der Waals surface area (Å²) in [5.74, 6) is 0.866. The van der Waals surface area contributed by atoms with Crippen molar-refractivity contribution in [1.29, 1.82) is 5.26 Å². The van der Waals surface area contributed by atoms with Crippen LogP contribution in [0.1, 0.15) is 42.8 Å². The van der Waals surface area contributed by atoms with Crippen molar-refractivity contribution in [2.75, 3.05) is 12.8 Å². The second-order valence-electron chi connectivity index (χ2n) is 4.41. The predicted octanol–water partition coefficient (Wildman–Crippen LogP) is 1.65. The topological polar surface area (TPSA) is 84.8 Å². The number of nitrogens with zero attached hydrogens (tertiary/aromatic N) is 3. The highest BCUT2D eigenvalue weighted by molar-refractivity contribution is 5.50. The molecule has 1 fully saturated rings. The second-order valence-corrected chi connectivity index (χ2v) is 4.41. The summed E-state index contributed by atoms with van der Waals surface area (Å²) in [6.07, 6.45) is 4.04. The first-order valence-electron chi connectivity index (χ1n) is 5.73. The van der Waals surface area contributed by atoms with Gasteiger partial charge in [-0.1, -0.05) is 0 Å². The first kappa shape index (κ1) is 11.8. The molecule has 17 heavy (non-hydrogen) atoms. The van der Waals surface area contributed by atoms with E-state index in [1.807, 2.05) is 6.07 Å². The van der Waals surface area contributed by atoms with Crippen LogP contribution in [0, 0.1) is 18.3 Å². The number of methoxy groups -OCH3 is 1. The van der Waals surface area contributed by atoms with Gasteiger partial charge >= 0.3 is 0 Å². The Morgan fingerprint density at radius 2 is 2.00 bits per heavy atom. The number of ether oxygens (including phenoxy) is 1. The molecule has 0 unspecified atom stereocenters. The number of anilines is 1. The summed E-state index contributed by atoms with van der Waals surface area (Å²) >= 11 is 0. The molecule has 0 aliphatic heterocycles. The minimum Gasteiger partial charge on any atom is -0.382 e. The third-order valence-corrected chi connectivity index (χ3v) is 3.44. The third-order valence-electron chi connectivity index (χ3n) is 3.44. The Kier molecular flexibility index (Phi) is 2.99. The monoisotopic (exact) mass is 232 g/mol. The Morgan fingerprint density at radius 1 is 1.35 bits per heavy atom. The van der Waals surface area contributed by atoms with Gasteiger partial charge in [0.15, 0.2) is 5.82 Å². The standard InChI is InChI=1S/C12H16N4O/c1-8-9(7-13)10(14)16-11(15-8)12(17-2)5-3-4-6-12/h3-6H2,1-2H3,(H2,14,15,16). The lowest BCUT2D eigenvalue weighted by Crippen LogP contribution is -2.28. The van der Waals surface area contributed by atoms with E-state index in [0.717, 1.165) is 25.7 Å². The summed E-state index contributed by atoms with van der Waals surface area (Å²) in [6.45, 7) is 1.78. The largest absolute Gasteiger partial charge is 0.382 e. The Balaban J connectivity index is 2.50. The van der Waals surface area contributed by atoms with E-state index in [2.05, 4.69) is 9.97 Å². The number of hydrogen-bond acceptors (Lipinski definition) is 5. The van der Waals surface area contributed by atoms with E-state index in [4.69, 9.17) is 15.7 Å². The Morgan fingerprint density at radius 3 is 2.47 bits per heavy atom. The Hall–Kier alpha value is -1.67. The molecule has 5 heteroatoms. The van der Waals surface area contributed by atoms with Gasteiger partial charge in [-0.15, -0.1) is 0 Å². The van der Waals surface area contributed by atoms with Crippen molar-refractivity contribution in [3.8, 4) is 6.07 Å². The maximum atomic E-state index is 8.94. The third kappa shape index (κ3) is 1.85. The molecule has 1 heterocycles. The molecule has 2 N–H and O–H groups in total. The summed E-state index contributed by atoms with van der Waals surface area (Å²) in [5.41, 5.74) is 6.36. The normalized spacial score (nSPS) is 17.9. The van der Waals surface area contributed by atoms with Gasteiger partial charge in [0.1, 0.15) is 23.1 Å². The van der Waals surface area contributed by atoms with Crippen LogP contribution in [0.15, 0.2) is 0 Å². The molecular formula is C12H16N4O. The summed E-state index contributed by atoms with van der Waals surface area (Å²) < 4.78 is 5.60. The highest BCUT2D eigenvalue weighted by Gasteiger charge is 2.39. The molecule has 1 aliphatic carbocycles. The molecule has 0 spiro atoms. The maximum absolute atomic E-state index is 8.94. The van der Waals surface area contributed by atoms with Crippen molar-refractivity contribution in [1.82, 2.24) is 9.97 Å². The molecule has 0 bridgehead atoms. The van der Waals surface area contributed by atoms with E-state index in [1.54, 1.807) is 14.0 Å². The zero-order chi connectivity index (χ0) is 12.5. The lowest BCUT2D eigenvalue weighted by molar-refractivity contribution is -0.0163. The molecule has 1 saturated carbocycles. The van der Waals surface area contributed by atoms with Gasteiger partial charge in [-0.2, -0.15) is 5.26 Å². The number of hydrogen-bond donors (Lipinski definition) is 1. The highest BCUT2D eigenvalue weighted by Crippen LogP contribution is 2.40. The lowest BCUT2D eigenvalue weighted by atomic mass is 10.0. The van der Waals surface area contributed by atoms with Gasteiger partial charge < -0.3 is 10.5 Å². The number of aromatic nitrogens is 2. The zero-order valence-corrected chi connectivity index (χ0v) is 10.2. The van der Waals surface area contributed by atoms with Crippen molar-refractivity contribution >= 4 is 5.82 Å². The summed E-state index contributed by atoms with van der Waals surface area (Å²) in [6, 6.07) is 2.02. The molecule has 0 aromatic carbocycles. The molecule has 90 valence electrons. The predicted molar refractivity (Wildman–Crippen MR) is 63.1 cm³/mol. The molecule has 1 aromatic rings. The van der Waals surface area contributed by atoms with Crippen molar-refractivity contribution < 1.29 is 4.74 Å². The van der Waals surface area contributed by atoms with Crippen molar-refractivity contribution in [3.63, 3.8) is 0 Å². The first-order chi connectivity index (χ1) is 8.13. The Labute approximate surface area is 101 Å². The van der Waals surface area contributed by atoms with Crippen LogP contribution in [-0.2, 0) is 10.3 Å². The fourth-order valence-electron chi connectivity index (χ4n) is 2.40. The molecule has 0 amide bonds. The molecular weight excluding hydrogens is 216 g/mol. The van der Waals surface area contributed by atoms with Crippen LogP contribution in [0.3, 0.4) is 0 Å². The average Bonchev–Trinajstić information content (AvgIpc) is 2.78. The van der Waals surface area contributed by atoms with E-state index < -0.39 is 5.60 Å². The van der Waals surface area contributed by atoms with Crippen LogP contribution in [-0.4, -0.2) is 17.1 Å². The number of aryl methyl sites for hydroxylation is 1. The van der Waals surface area contributed by atoms with Crippen molar-refractivity contribution in [2.45, 2.75) is 38.2 Å². The smallest absolute Gasteiger partial charge is 0.162 e. The summed E-state index contributed by atoms with van der Waals surface area (Å²) in [4.78, 5) is 8.64. The lowest BCUT2D eigenvalue weighted by Gasteiger charge is -2.26. The van der Waals surface area contributed by atoms with Crippen molar-refractivity contribution in [2.24, 2.45) is 0 Å². The fourth-order valence-corrected chi connectivity index (χ4v) is 2.40. The van der Waals surface area contributed by atoms with Gasteiger partial charge in [-0.3, -0.25) is 0 Å². The van der Waals surface area contributed by atoms with Gasteiger partial charge in [-0.25, -0.2) is 9.97 Å². The summed E-state index contributed by atoms with van der Waals surface area (Å²) in [7, 11) is 1.68. The quantitative estimate of drug-likeness (QED) is 0.838. The van der Waals surface area contributed by atoms with Crippen LogP contribution >= 0.6 is 0 Å². The van der Waals surface area contributed by atoms with Crippen molar-refractivity contribution in [3.05, 3.63) is 17.1 Å². The van der Waals surface area contributed by atoms with Crippen LogP contribution in [0.4, 0.5) is 5.82 Å². The zero-order valence-electron chi connectivity index (χ0n) is 10.2. The van der Waals surface area contributed by atoms with Crippen LogP contribution < -0.4 is 5.73 Å². The maximum Gasteiger partial charge on any atom is 0.162 e. The molecule has 1 aromatic heterocycles. The fraction of sp³-hybridized carbons (Fsp3) is 0.583.